The maximum Gasteiger partial charge on any atom is 0.573 e. The van der Waals surface area contributed by atoms with Gasteiger partial charge in [-0.05, 0) is 76.6 Å². The Morgan fingerprint density at radius 1 is 0.735 bits per heavy atom. The molecular formula is C27H20BrF3O2P+. The number of carbonyl (C=O) groups is 1. The maximum atomic E-state index is 13.6. The number of hydrogen-bond donors (Lipinski definition) is 0. The number of Topliss-reactive ketones (excluding diaryl/α,β-unsaturated/α-hetero) is 1. The molecule has 0 amide bonds. The number of ether oxygens (including phenoxy) is 1. The summed E-state index contributed by atoms with van der Waals surface area (Å²) in [4.78, 5) is 13.6. The number of ketones is 1. The summed E-state index contributed by atoms with van der Waals surface area (Å²) in [5, 5.41) is 3.11. The van der Waals surface area contributed by atoms with E-state index < -0.39 is 13.6 Å². The fourth-order valence-corrected chi connectivity index (χ4v) is 9.31. The van der Waals surface area contributed by atoms with E-state index in [2.05, 4.69) is 20.7 Å². The Balaban J connectivity index is 1.84. The number of halogens is 4. The van der Waals surface area contributed by atoms with E-state index in [-0.39, 0.29) is 17.7 Å². The van der Waals surface area contributed by atoms with Crippen molar-refractivity contribution < 1.29 is 22.7 Å². The minimum Gasteiger partial charge on any atom is -0.406 e. The first-order valence-corrected chi connectivity index (χ1v) is 13.2. The molecule has 0 fully saturated rings. The van der Waals surface area contributed by atoms with Gasteiger partial charge in [-0.25, -0.2) is 0 Å². The van der Waals surface area contributed by atoms with Crippen molar-refractivity contribution >= 4 is 44.9 Å². The van der Waals surface area contributed by atoms with Crippen LogP contribution in [-0.4, -0.2) is 18.3 Å². The molecule has 0 aromatic heterocycles. The highest BCUT2D eigenvalue weighted by molar-refractivity contribution is 9.10. The molecule has 4 rings (SSSR count). The van der Waals surface area contributed by atoms with Crippen LogP contribution in [0.3, 0.4) is 0 Å². The van der Waals surface area contributed by atoms with Gasteiger partial charge in [-0.2, -0.15) is 0 Å². The minimum atomic E-state index is -4.79. The maximum absolute atomic E-state index is 13.6. The highest BCUT2D eigenvalue weighted by Gasteiger charge is 2.48. The number of hydrogen-bond acceptors (Lipinski definition) is 2. The second-order valence-electron chi connectivity index (χ2n) is 7.59. The zero-order valence-electron chi connectivity index (χ0n) is 17.9. The van der Waals surface area contributed by atoms with Gasteiger partial charge in [0.05, 0.1) is 4.47 Å². The van der Waals surface area contributed by atoms with E-state index in [9.17, 15) is 18.0 Å². The summed E-state index contributed by atoms with van der Waals surface area (Å²) in [7, 11) is -2.47. The summed E-state index contributed by atoms with van der Waals surface area (Å²) in [6.45, 7) is 0. The van der Waals surface area contributed by atoms with Gasteiger partial charge in [0.2, 0.25) is 5.78 Å². The molecule has 2 nitrogen and oxygen atoms in total. The Kier molecular flexibility index (Phi) is 7.20. The third kappa shape index (κ3) is 5.24. The van der Waals surface area contributed by atoms with Crippen molar-refractivity contribution in [1.29, 1.82) is 0 Å². The molecule has 172 valence electrons. The number of carbonyl (C=O) groups excluding carboxylic acids is 1. The van der Waals surface area contributed by atoms with Gasteiger partial charge in [0, 0.05) is 5.56 Å². The first-order valence-electron chi connectivity index (χ1n) is 10.4. The normalized spacial score (nSPS) is 11.8. The molecule has 0 saturated carbocycles. The fourth-order valence-electron chi connectivity index (χ4n) is 3.97. The van der Waals surface area contributed by atoms with Crippen molar-refractivity contribution in [2.75, 3.05) is 6.16 Å². The monoisotopic (exact) mass is 543 g/mol. The molecule has 0 N–H and O–H groups in total. The average Bonchev–Trinajstić information content (AvgIpc) is 2.83. The number of rotatable bonds is 7. The van der Waals surface area contributed by atoms with E-state index in [0.717, 1.165) is 20.4 Å². The van der Waals surface area contributed by atoms with Crippen molar-refractivity contribution in [2.45, 2.75) is 6.36 Å². The van der Waals surface area contributed by atoms with Gasteiger partial charge in [0.1, 0.15) is 35.1 Å². The average molecular weight is 544 g/mol. The van der Waals surface area contributed by atoms with Crippen molar-refractivity contribution in [1.82, 2.24) is 0 Å². The Labute approximate surface area is 204 Å². The molecule has 0 saturated heterocycles. The van der Waals surface area contributed by atoms with Crippen molar-refractivity contribution in [3.8, 4) is 5.75 Å². The summed E-state index contributed by atoms with van der Waals surface area (Å²) in [5.74, 6) is -0.516. The van der Waals surface area contributed by atoms with Crippen molar-refractivity contribution in [3.63, 3.8) is 0 Å². The Morgan fingerprint density at radius 2 is 1.24 bits per heavy atom. The standard InChI is InChI=1S/C27H20BrF3O2P/c28-24-13-7-8-14-26(24)34(22-9-3-1-4-10-22,23-11-5-2-6-12-23)19-25(32)20-15-17-21(18-16-20)33-27(29,30)31/h1-18H,19H2/q+1. The van der Waals surface area contributed by atoms with Gasteiger partial charge in [-0.1, -0.05) is 48.5 Å². The summed E-state index contributed by atoms with van der Waals surface area (Å²) in [6, 6.07) is 32.8. The van der Waals surface area contributed by atoms with Gasteiger partial charge in [0.25, 0.3) is 0 Å². The molecule has 0 spiro atoms. The van der Waals surface area contributed by atoms with E-state index in [1.165, 1.54) is 24.3 Å². The third-order valence-electron chi connectivity index (χ3n) is 5.45. The van der Waals surface area contributed by atoms with Crippen LogP contribution in [0.4, 0.5) is 13.2 Å². The molecule has 0 aliphatic heterocycles. The highest BCUT2D eigenvalue weighted by Crippen LogP contribution is 2.56. The summed E-state index contributed by atoms with van der Waals surface area (Å²) >= 11 is 3.70. The lowest BCUT2D eigenvalue weighted by Gasteiger charge is -2.28. The first-order chi connectivity index (χ1) is 16.3. The first kappa shape index (κ1) is 24.2. The summed E-state index contributed by atoms with van der Waals surface area (Å²) in [5.41, 5.74) is 0.331. The smallest absolute Gasteiger partial charge is 0.406 e. The Morgan fingerprint density at radius 3 is 1.74 bits per heavy atom. The lowest BCUT2D eigenvalue weighted by atomic mass is 10.1. The lowest BCUT2D eigenvalue weighted by molar-refractivity contribution is -0.274. The highest BCUT2D eigenvalue weighted by atomic mass is 79.9. The van der Waals surface area contributed by atoms with E-state index >= 15 is 0 Å². The molecule has 0 radical (unpaired) electrons. The van der Waals surface area contributed by atoms with Crippen LogP contribution in [-0.2, 0) is 0 Å². The third-order valence-corrected chi connectivity index (χ3v) is 10.8. The zero-order valence-corrected chi connectivity index (χ0v) is 20.4. The molecule has 7 heteroatoms. The number of benzene rings is 4. The lowest BCUT2D eigenvalue weighted by Crippen LogP contribution is -2.36. The predicted octanol–water partition coefficient (Wildman–Crippen LogP) is 6.52. The van der Waals surface area contributed by atoms with Gasteiger partial charge in [0.15, 0.2) is 0 Å². The Hall–Kier alpha value is -2.95. The van der Waals surface area contributed by atoms with Gasteiger partial charge >= 0.3 is 6.36 Å². The second-order valence-corrected chi connectivity index (χ2v) is 11.9. The molecule has 0 aliphatic rings. The van der Waals surface area contributed by atoms with Crippen LogP contribution in [0.1, 0.15) is 10.4 Å². The van der Waals surface area contributed by atoms with Gasteiger partial charge < -0.3 is 4.74 Å². The molecule has 0 bridgehead atoms. The zero-order chi connectivity index (χ0) is 24.2. The topological polar surface area (TPSA) is 26.3 Å². The van der Waals surface area contributed by atoms with Crippen LogP contribution in [0.2, 0.25) is 0 Å². The van der Waals surface area contributed by atoms with Crippen LogP contribution in [0.15, 0.2) is 114 Å². The van der Waals surface area contributed by atoms with Gasteiger partial charge in [-0.3, -0.25) is 4.79 Å². The van der Waals surface area contributed by atoms with Crippen LogP contribution < -0.4 is 20.7 Å². The van der Waals surface area contributed by atoms with E-state index in [1.54, 1.807) is 0 Å². The van der Waals surface area contributed by atoms with Crippen molar-refractivity contribution in [3.05, 3.63) is 119 Å². The van der Waals surface area contributed by atoms with E-state index in [1.807, 2.05) is 84.9 Å². The Bertz CT molecular complexity index is 1220. The van der Waals surface area contributed by atoms with Crippen LogP contribution >= 0.6 is 23.2 Å². The molecule has 0 aliphatic carbocycles. The predicted molar refractivity (Wildman–Crippen MR) is 135 cm³/mol. The van der Waals surface area contributed by atoms with E-state index in [4.69, 9.17) is 0 Å². The summed E-state index contributed by atoms with van der Waals surface area (Å²) < 4.78 is 42.5. The largest absolute Gasteiger partial charge is 0.573 e. The molecule has 4 aromatic carbocycles. The van der Waals surface area contributed by atoms with Crippen LogP contribution in [0.5, 0.6) is 5.75 Å². The molecular weight excluding hydrogens is 524 g/mol. The second kappa shape index (κ2) is 10.1. The fraction of sp³-hybridized carbons (Fsp3) is 0.0741. The minimum absolute atomic E-state index is 0.157. The van der Waals surface area contributed by atoms with Gasteiger partial charge in [-0.15, -0.1) is 13.2 Å². The summed E-state index contributed by atoms with van der Waals surface area (Å²) in [6.07, 6.45) is -4.60. The molecule has 4 aromatic rings. The van der Waals surface area contributed by atoms with E-state index in [0.29, 0.717) is 5.56 Å². The molecule has 0 atom stereocenters. The molecule has 0 heterocycles. The molecule has 0 unspecified atom stereocenters. The number of alkyl halides is 3. The van der Waals surface area contributed by atoms with Crippen molar-refractivity contribution in [2.24, 2.45) is 0 Å². The quantitative estimate of drug-likeness (QED) is 0.196. The SMILES string of the molecule is O=C(C[P+](c1ccccc1)(c1ccccc1)c1ccccc1Br)c1ccc(OC(F)(F)F)cc1. The molecule has 34 heavy (non-hydrogen) atoms. The van der Waals surface area contributed by atoms with Crippen LogP contribution in [0, 0.1) is 0 Å². The van der Waals surface area contributed by atoms with Crippen LogP contribution in [0.25, 0.3) is 0 Å².